The van der Waals surface area contributed by atoms with Crippen molar-refractivity contribution >= 4 is 27.0 Å². The van der Waals surface area contributed by atoms with E-state index in [1.165, 1.54) is 42.1 Å². The number of methoxy groups -OCH3 is 2. The first-order valence-corrected chi connectivity index (χ1v) is 13.0. The summed E-state index contributed by atoms with van der Waals surface area (Å²) in [6, 6.07) is 16.3. The zero-order valence-corrected chi connectivity index (χ0v) is 21.5. The lowest BCUT2D eigenvalue weighted by Crippen LogP contribution is -2.23. The molecule has 12 heteroatoms. The van der Waals surface area contributed by atoms with E-state index in [0.717, 1.165) is 5.56 Å². The molecule has 10 nitrogen and oxygen atoms in total. The number of hydrogen-bond donors (Lipinski definition) is 2. The van der Waals surface area contributed by atoms with Gasteiger partial charge in [0.2, 0.25) is 10.0 Å². The number of rotatable bonds is 10. The Morgan fingerprint density at radius 1 is 1.13 bits per heavy atom. The Bertz CT molecular complexity index is 1600. The lowest BCUT2D eigenvalue weighted by atomic mass is 10.0. The summed E-state index contributed by atoms with van der Waals surface area (Å²) in [5.74, 6) is -0.468. The van der Waals surface area contributed by atoms with Gasteiger partial charge in [-0.05, 0) is 53.6 Å². The minimum absolute atomic E-state index is 0.0180. The first-order valence-electron chi connectivity index (χ1n) is 11.5. The van der Waals surface area contributed by atoms with E-state index in [1.807, 2.05) is 0 Å². The number of fused-ring (bicyclic) bond motifs is 1. The predicted molar refractivity (Wildman–Crippen MR) is 140 cm³/mol. The van der Waals surface area contributed by atoms with Gasteiger partial charge in [0.15, 0.2) is 0 Å². The van der Waals surface area contributed by atoms with Crippen LogP contribution in [0.5, 0.6) is 5.75 Å². The molecule has 0 bridgehead atoms. The third kappa shape index (κ3) is 5.88. The maximum absolute atomic E-state index is 14.2. The van der Waals surface area contributed by atoms with Crippen LogP contribution in [0.25, 0.3) is 22.2 Å². The quantitative estimate of drug-likeness (QED) is 0.293. The number of benzene rings is 3. The summed E-state index contributed by atoms with van der Waals surface area (Å²) in [5.41, 5.74) is 7.95. The molecule has 1 aromatic heterocycles. The largest absolute Gasteiger partial charge is 0.497 e. The third-order valence-electron chi connectivity index (χ3n) is 5.76. The standard InChI is InChI=1S/C26H26FN5O5S/c1-36-21-8-6-17(7-9-21)15-29-38(34,35)22-5-3-4-18(12-22)23-13-19(26(33)37-2)14-24-25(23)30-31-32(24)16-20(27)10-11-28/h3-10,12-14,29H,11,15-16,28H2,1-2H3/b20-10-. The highest BCUT2D eigenvalue weighted by atomic mass is 32.2. The minimum Gasteiger partial charge on any atom is -0.497 e. The molecule has 3 aromatic carbocycles. The minimum atomic E-state index is -3.89. The maximum Gasteiger partial charge on any atom is 0.337 e. The third-order valence-corrected chi connectivity index (χ3v) is 7.16. The molecule has 0 aliphatic heterocycles. The van der Waals surface area contributed by atoms with Crippen molar-refractivity contribution < 1.29 is 27.1 Å². The summed E-state index contributed by atoms with van der Waals surface area (Å²) in [5, 5.41) is 8.21. The number of carbonyl (C=O) groups excluding carboxylic acids is 1. The highest BCUT2D eigenvalue weighted by Crippen LogP contribution is 2.31. The van der Waals surface area contributed by atoms with Crippen molar-refractivity contribution in [3.63, 3.8) is 0 Å². The average molecular weight is 540 g/mol. The molecule has 4 rings (SSSR count). The molecule has 0 unspecified atom stereocenters. The molecule has 4 aromatic rings. The summed E-state index contributed by atoms with van der Waals surface area (Å²) >= 11 is 0. The van der Waals surface area contributed by atoms with Crippen molar-refractivity contribution in [2.45, 2.75) is 18.0 Å². The number of nitrogens with two attached hydrogens (primary N) is 1. The van der Waals surface area contributed by atoms with Crippen LogP contribution in [0.2, 0.25) is 0 Å². The molecule has 0 spiro atoms. The van der Waals surface area contributed by atoms with Crippen molar-refractivity contribution in [3.05, 3.63) is 83.7 Å². The van der Waals surface area contributed by atoms with Crippen molar-refractivity contribution in [1.82, 2.24) is 19.7 Å². The molecule has 0 saturated heterocycles. The van der Waals surface area contributed by atoms with E-state index in [4.69, 9.17) is 15.2 Å². The van der Waals surface area contributed by atoms with E-state index in [9.17, 15) is 17.6 Å². The zero-order chi connectivity index (χ0) is 27.3. The molecule has 3 N–H and O–H groups in total. The molecule has 0 saturated carbocycles. The van der Waals surface area contributed by atoms with Crippen LogP contribution in [0, 0.1) is 0 Å². The Hall–Kier alpha value is -4.13. The smallest absolute Gasteiger partial charge is 0.337 e. The van der Waals surface area contributed by atoms with E-state index in [1.54, 1.807) is 43.5 Å². The fourth-order valence-electron chi connectivity index (χ4n) is 3.81. The molecule has 0 atom stereocenters. The van der Waals surface area contributed by atoms with Crippen LogP contribution < -0.4 is 15.2 Å². The number of allylic oxidation sites excluding steroid dienone is 1. The number of aromatic nitrogens is 3. The summed E-state index contributed by atoms with van der Waals surface area (Å²) in [7, 11) is -1.09. The second kappa shape index (κ2) is 11.5. The molecule has 0 radical (unpaired) electrons. The normalized spacial score (nSPS) is 12.1. The lowest BCUT2D eigenvalue weighted by Gasteiger charge is -2.11. The van der Waals surface area contributed by atoms with E-state index >= 15 is 0 Å². The number of carbonyl (C=O) groups is 1. The van der Waals surface area contributed by atoms with Gasteiger partial charge in [-0.2, -0.15) is 0 Å². The SMILES string of the molecule is COC(=O)c1cc(-c2cccc(S(=O)(=O)NCc3ccc(OC)cc3)c2)c2nnn(C/C(F)=C/CN)c2c1. The van der Waals surface area contributed by atoms with Gasteiger partial charge in [-0.3, -0.25) is 0 Å². The monoisotopic (exact) mass is 539 g/mol. The fourth-order valence-corrected chi connectivity index (χ4v) is 4.87. The van der Waals surface area contributed by atoms with Crippen molar-refractivity contribution in [1.29, 1.82) is 0 Å². The lowest BCUT2D eigenvalue weighted by molar-refractivity contribution is 0.0601. The van der Waals surface area contributed by atoms with Crippen LogP contribution in [0.1, 0.15) is 15.9 Å². The molecule has 0 aliphatic rings. The van der Waals surface area contributed by atoms with Gasteiger partial charge in [0.05, 0.1) is 36.7 Å². The number of halogens is 1. The van der Waals surface area contributed by atoms with Gasteiger partial charge in [-0.25, -0.2) is 27.0 Å². The van der Waals surface area contributed by atoms with Gasteiger partial charge in [0, 0.05) is 18.7 Å². The number of esters is 1. The summed E-state index contributed by atoms with van der Waals surface area (Å²) in [6.07, 6.45) is 1.21. The van der Waals surface area contributed by atoms with Crippen LogP contribution in [0.15, 0.2) is 77.5 Å². The van der Waals surface area contributed by atoms with Crippen molar-refractivity contribution in [2.75, 3.05) is 20.8 Å². The Morgan fingerprint density at radius 2 is 1.89 bits per heavy atom. The molecular weight excluding hydrogens is 513 g/mol. The number of nitrogens with one attached hydrogen (secondary N) is 1. The van der Waals surface area contributed by atoms with Gasteiger partial charge in [0.1, 0.15) is 17.1 Å². The Balaban J connectivity index is 1.71. The number of sulfonamides is 1. The second-order valence-electron chi connectivity index (χ2n) is 8.22. The van der Waals surface area contributed by atoms with Gasteiger partial charge in [-0.1, -0.05) is 29.5 Å². The number of hydrogen-bond acceptors (Lipinski definition) is 8. The first-order chi connectivity index (χ1) is 18.2. The van der Waals surface area contributed by atoms with E-state index in [-0.39, 0.29) is 30.1 Å². The second-order valence-corrected chi connectivity index (χ2v) is 9.98. The molecule has 0 fully saturated rings. The van der Waals surface area contributed by atoms with Crippen molar-refractivity contribution in [3.8, 4) is 16.9 Å². The van der Waals surface area contributed by atoms with E-state index in [0.29, 0.717) is 27.9 Å². The Morgan fingerprint density at radius 3 is 2.58 bits per heavy atom. The fraction of sp³-hybridized carbons (Fsp3) is 0.192. The molecular formula is C26H26FN5O5S. The van der Waals surface area contributed by atoms with E-state index in [2.05, 4.69) is 15.0 Å². The average Bonchev–Trinajstić information content (AvgIpc) is 3.33. The van der Waals surface area contributed by atoms with Crippen LogP contribution in [-0.2, 0) is 27.8 Å². The highest BCUT2D eigenvalue weighted by Gasteiger charge is 2.20. The summed E-state index contributed by atoms with van der Waals surface area (Å²) < 4.78 is 54.2. The van der Waals surface area contributed by atoms with Gasteiger partial charge in [0.25, 0.3) is 0 Å². The number of nitrogens with zero attached hydrogens (tertiary/aromatic N) is 3. The van der Waals surface area contributed by atoms with Gasteiger partial charge in [-0.15, -0.1) is 5.10 Å². The molecule has 198 valence electrons. The summed E-state index contributed by atoms with van der Waals surface area (Å²) in [6.45, 7) is -0.138. The first kappa shape index (κ1) is 26.9. The Labute approximate surface area is 218 Å². The number of ether oxygens (including phenoxy) is 2. The predicted octanol–water partition coefficient (Wildman–Crippen LogP) is 3.18. The highest BCUT2D eigenvalue weighted by molar-refractivity contribution is 7.89. The molecule has 38 heavy (non-hydrogen) atoms. The van der Waals surface area contributed by atoms with Gasteiger partial charge >= 0.3 is 5.97 Å². The van der Waals surface area contributed by atoms with Crippen LogP contribution in [-0.4, -0.2) is 50.1 Å². The summed E-state index contributed by atoms with van der Waals surface area (Å²) in [4.78, 5) is 12.4. The molecule has 1 heterocycles. The topological polar surface area (TPSA) is 138 Å². The molecule has 0 amide bonds. The maximum atomic E-state index is 14.2. The van der Waals surface area contributed by atoms with Crippen molar-refractivity contribution in [2.24, 2.45) is 5.73 Å². The Kier molecular flexibility index (Phi) is 8.15. The zero-order valence-electron chi connectivity index (χ0n) is 20.7. The van der Waals surface area contributed by atoms with Crippen LogP contribution >= 0.6 is 0 Å². The van der Waals surface area contributed by atoms with Gasteiger partial charge < -0.3 is 15.2 Å². The molecule has 0 aliphatic carbocycles. The van der Waals surface area contributed by atoms with E-state index < -0.39 is 21.8 Å². The van der Waals surface area contributed by atoms with Crippen LogP contribution in [0.4, 0.5) is 4.39 Å². The van der Waals surface area contributed by atoms with Crippen LogP contribution in [0.3, 0.4) is 0 Å².